The smallest absolute Gasteiger partial charge is 0.0434 e. The fourth-order valence-electron chi connectivity index (χ4n) is 1.14. The third kappa shape index (κ3) is 5.36. The molecule has 15 heavy (non-hydrogen) atoms. The molecule has 0 aliphatic carbocycles. The fourth-order valence-corrected chi connectivity index (χ4v) is 1.14. The number of nitrogens with zero attached hydrogens (tertiary/aromatic N) is 1. The van der Waals surface area contributed by atoms with Gasteiger partial charge in [0.05, 0.1) is 0 Å². The molecule has 84 valence electrons. The Morgan fingerprint density at radius 3 is 1.93 bits per heavy atom. The van der Waals surface area contributed by atoms with Gasteiger partial charge in [-0.1, -0.05) is 46.4 Å². The van der Waals surface area contributed by atoms with Crippen LogP contribution in [0, 0.1) is 11.8 Å². The van der Waals surface area contributed by atoms with E-state index < -0.39 is 0 Å². The van der Waals surface area contributed by atoms with Gasteiger partial charge >= 0.3 is 0 Å². The van der Waals surface area contributed by atoms with Gasteiger partial charge in [-0.3, -0.25) is 4.99 Å². The standard InChI is InChI=1S/C14H23N/c1-8-13(11(4)5)15-14(12(6)7)9-10(2)3/h8-9,11-12H,1-2H2,3-7H3/b14-9-,15-13?. The van der Waals surface area contributed by atoms with Crippen molar-refractivity contribution in [3.63, 3.8) is 0 Å². The Labute approximate surface area is 94.3 Å². The minimum Gasteiger partial charge on any atom is -0.257 e. The van der Waals surface area contributed by atoms with E-state index >= 15 is 0 Å². The topological polar surface area (TPSA) is 12.4 Å². The molecule has 0 unspecified atom stereocenters. The van der Waals surface area contributed by atoms with Crippen molar-refractivity contribution in [3.05, 3.63) is 36.6 Å². The summed E-state index contributed by atoms with van der Waals surface area (Å²) in [5, 5.41) is 0. The third-order valence-corrected chi connectivity index (χ3v) is 2.04. The molecule has 0 aromatic carbocycles. The Bertz CT molecular complexity index is 290. The van der Waals surface area contributed by atoms with Crippen molar-refractivity contribution in [2.24, 2.45) is 16.8 Å². The molecule has 0 spiro atoms. The fraction of sp³-hybridized carbons (Fsp3) is 0.500. The van der Waals surface area contributed by atoms with Gasteiger partial charge in [-0.15, -0.1) is 0 Å². The molecular weight excluding hydrogens is 182 g/mol. The van der Waals surface area contributed by atoms with Gasteiger partial charge in [0.25, 0.3) is 0 Å². The van der Waals surface area contributed by atoms with Gasteiger partial charge in [0.2, 0.25) is 0 Å². The van der Waals surface area contributed by atoms with E-state index in [1.165, 1.54) is 0 Å². The van der Waals surface area contributed by atoms with Gasteiger partial charge < -0.3 is 0 Å². The van der Waals surface area contributed by atoms with E-state index in [0.717, 1.165) is 17.0 Å². The van der Waals surface area contributed by atoms with Crippen molar-refractivity contribution in [2.45, 2.75) is 34.6 Å². The SMILES string of the molecule is C=CC(=N/C(=C\C(=C)C)C(C)C)C(C)C. The molecule has 0 aromatic rings. The van der Waals surface area contributed by atoms with Crippen LogP contribution in [-0.4, -0.2) is 5.71 Å². The molecule has 0 aliphatic heterocycles. The zero-order valence-corrected chi connectivity index (χ0v) is 10.7. The largest absolute Gasteiger partial charge is 0.257 e. The molecule has 0 aromatic heterocycles. The number of hydrogen-bond donors (Lipinski definition) is 0. The molecule has 0 bridgehead atoms. The lowest BCUT2D eigenvalue weighted by atomic mass is 10.1. The van der Waals surface area contributed by atoms with E-state index in [1.807, 2.05) is 19.1 Å². The first-order valence-electron chi connectivity index (χ1n) is 5.46. The van der Waals surface area contributed by atoms with Crippen LogP contribution < -0.4 is 0 Å². The molecule has 0 fully saturated rings. The summed E-state index contributed by atoms with van der Waals surface area (Å²) >= 11 is 0. The molecule has 0 saturated heterocycles. The first kappa shape index (κ1) is 13.9. The second kappa shape index (κ2) is 6.39. The molecule has 1 nitrogen and oxygen atoms in total. The summed E-state index contributed by atoms with van der Waals surface area (Å²) in [5.74, 6) is 0.824. The van der Waals surface area contributed by atoms with Gasteiger partial charge in [-0.05, 0) is 30.9 Å². The van der Waals surface area contributed by atoms with Crippen LogP contribution in [0.5, 0.6) is 0 Å². The average Bonchev–Trinajstić information content (AvgIpc) is 2.10. The highest BCUT2D eigenvalue weighted by molar-refractivity contribution is 5.96. The van der Waals surface area contributed by atoms with Crippen LogP contribution in [0.3, 0.4) is 0 Å². The Balaban J connectivity index is 5.12. The Morgan fingerprint density at radius 1 is 1.13 bits per heavy atom. The van der Waals surface area contributed by atoms with Gasteiger partial charge in [0.1, 0.15) is 0 Å². The van der Waals surface area contributed by atoms with Crippen LogP contribution in [0.4, 0.5) is 0 Å². The second-order valence-corrected chi connectivity index (χ2v) is 4.47. The van der Waals surface area contributed by atoms with Crippen molar-refractivity contribution in [3.8, 4) is 0 Å². The quantitative estimate of drug-likeness (QED) is 0.466. The lowest BCUT2D eigenvalue weighted by Crippen LogP contribution is -2.05. The summed E-state index contributed by atoms with van der Waals surface area (Å²) in [5.41, 5.74) is 3.15. The molecule has 0 N–H and O–H groups in total. The summed E-state index contributed by atoms with van der Waals surface area (Å²) in [6, 6.07) is 0. The predicted octanol–water partition coefficient (Wildman–Crippen LogP) is 4.39. The molecule has 0 amide bonds. The molecular formula is C14H23N. The number of rotatable bonds is 5. The second-order valence-electron chi connectivity index (χ2n) is 4.47. The van der Waals surface area contributed by atoms with Gasteiger partial charge in [-0.25, -0.2) is 0 Å². The van der Waals surface area contributed by atoms with Gasteiger partial charge in [-0.2, -0.15) is 0 Å². The monoisotopic (exact) mass is 205 g/mol. The van der Waals surface area contributed by atoms with E-state index in [-0.39, 0.29) is 0 Å². The third-order valence-electron chi connectivity index (χ3n) is 2.04. The van der Waals surface area contributed by atoms with Crippen LogP contribution in [0.15, 0.2) is 41.6 Å². The average molecular weight is 205 g/mol. The molecule has 0 atom stereocenters. The minimum atomic E-state index is 0.412. The molecule has 0 radical (unpaired) electrons. The Hall–Kier alpha value is -1.11. The maximum atomic E-state index is 4.63. The zero-order valence-electron chi connectivity index (χ0n) is 10.7. The summed E-state index contributed by atoms with van der Waals surface area (Å²) in [7, 11) is 0. The molecule has 0 saturated carbocycles. The summed E-state index contributed by atoms with van der Waals surface area (Å²) in [4.78, 5) is 4.63. The summed E-state index contributed by atoms with van der Waals surface area (Å²) < 4.78 is 0. The van der Waals surface area contributed by atoms with Crippen LogP contribution in [0.25, 0.3) is 0 Å². The first-order chi connectivity index (χ1) is 6.88. The van der Waals surface area contributed by atoms with Crippen molar-refractivity contribution >= 4 is 5.71 Å². The number of aliphatic imine (C=N–C) groups is 1. The van der Waals surface area contributed by atoms with E-state index in [2.05, 4.69) is 45.8 Å². The van der Waals surface area contributed by atoms with Crippen molar-refractivity contribution < 1.29 is 0 Å². The van der Waals surface area contributed by atoms with Crippen LogP contribution in [0.1, 0.15) is 34.6 Å². The van der Waals surface area contributed by atoms with Gasteiger partial charge in [0.15, 0.2) is 0 Å². The van der Waals surface area contributed by atoms with Crippen molar-refractivity contribution in [2.75, 3.05) is 0 Å². The van der Waals surface area contributed by atoms with E-state index in [0.29, 0.717) is 11.8 Å². The van der Waals surface area contributed by atoms with Crippen molar-refractivity contribution in [1.82, 2.24) is 0 Å². The Kier molecular flexibility index (Phi) is 5.92. The summed E-state index contributed by atoms with van der Waals surface area (Å²) in [6.45, 7) is 18.2. The molecule has 0 rings (SSSR count). The van der Waals surface area contributed by atoms with E-state index in [4.69, 9.17) is 0 Å². The maximum absolute atomic E-state index is 4.63. The van der Waals surface area contributed by atoms with Crippen LogP contribution in [-0.2, 0) is 0 Å². The normalized spacial score (nSPS) is 13.5. The minimum absolute atomic E-state index is 0.412. The summed E-state index contributed by atoms with van der Waals surface area (Å²) in [6.07, 6.45) is 3.87. The maximum Gasteiger partial charge on any atom is 0.0434 e. The van der Waals surface area contributed by atoms with Crippen LogP contribution >= 0.6 is 0 Å². The molecule has 0 aliphatic rings. The molecule has 0 heterocycles. The lowest BCUT2D eigenvalue weighted by Gasteiger charge is -2.10. The highest BCUT2D eigenvalue weighted by Gasteiger charge is 2.05. The Morgan fingerprint density at radius 2 is 1.67 bits per heavy atom. The van der Waals surface area contributed by atoms with Gasteiger partial charge in [0, 0.05) is 11.4 Å². The number of allylic oxidation sites excluding steroid dienone is 4. The number of hydrogen-bond acceptors (Lipinski definition) is 1. The first-order valence-corrected chi connectivity index (χ1v) is 5.46. The predicted molar refractivity (Wildman–Crippen MR) is 70.2 cm³/mol. The van der Waals surface area contributed by atoms with E-state index in [1.54, 1.807) is 0 Å². The highest BCUT2D eigenvalue weighted by atomic mass is 14.8. The zero-order chi connectivity index (χ0) is 12.0. The molecule has 1 heteroatoms. The van der Waals surface area contributed by atoms with Crippen LogP contribution in [0.2, 0.25) is 0 Å². The van der Waals surface area contributed by atoms with E-state index in [9.17, 15) is 0 Å². The highest BCUT2D eigenvalue weighted by Crippen LogP contribution is 2.15. The van der Waals surface area contributed by atoms with Crippen molar-refractivity contribution in [1.29, 1.82) is 0 Å². The lowest BCUT2D eigenvalue weighted by molar-refractivity contribution is 0.751.